The largest absolute Gasteiger partial charge is 0.465 e. The number of aryl methyl sites for hydroxylation is 1. The summed E-state index contributed by atoms with van der Waals surface area (Å²) in [5, 5.41) is 3.42. The molecule has 3 nitrogen and oxygen atoms in total. The summed E-state index contributed by atoms with van der Waals surface area (Å²) in [6.45, 7) is 7.59. The second-order valence-corrected chi connectivity index (χ2v) is 6.90. The van der Waals surface area contributed by atoms with Crippen LogP contribution in [-0.2, 0) is 6.54 Å². The third kappa shape index (κ3) is 4.10. The minimum absolute atomic E-state index is 0.442. The molecule has 1 saturated carbocycles. The number of hydrogen-bond acceptors (Lipinski definition) is 3. The van der Waals surface area contributed by atoms with Gasteiger partial charge in [-0.3, -0.25) is 4.90 Å². The van der Waals surface area contributed by atoms with Crippen molar-refractivity contribution >= 4 is 0 Å². The van der Waals surface area contributed by atoms with E-state index in [4.69, 9.17) is 4.42 Å². The average molecular weight is 278 g/mol. The molecule has 0 aliphatic heterocycles. The molecule has 1 N–H and O–H groups in total. The summed E-state index contributed by atoms with van der Waals surface area (Å²) in [5.41, 5.74) is 0.442. The fraction of sp³-hybridized carbons (Fsp3) is 0.765. The van der Waals surface area contributed by atoms with E-state index in [1.54, 1.807) is 0 Å². The highest BCUT2D eigenvalue weighted by atomic mass is 16.3. The van der Waals surface area contributed by atoms with Gasteiger partial charge in [0.2, 0.25) is 0 Å². The van der Waals surface area contributed by atoms with Crippen LogP contribution in [0.2, 0.25) is 0 Å². The van der Waals surface area contributed by atoms with Crippen molar-refractivity contribution in [3.63, 3.8) is 0 Å². The standard InChI is InChI=1S/C17H30N2O/c1-14-7-9-17(10-8-14,12-18-3)13-19(4)11-16-6-5-15(2)20-16/h5-6,14,18H,7-13H2,1-4H3. The zero-order valence-electron chi connectivity index (χ0n) is 13.5. The van der Waals surface area contributed by atoms with Gasteiger partial charge < -0.3 is 9.73 Å². The Kier molecular flexibility index (Phi) is 5.28. The van der Waals surface area contributed by atoms with Crippen LogP contribution in [0, 0.1) is 18.3 Å². The lowest BCUT2D eigenvalue weighted by molar-refractivity contribution is 0.0946. The van der Waals surface area contributed by atoms with Gasteiger partial charge in [-0.05, 0) is 57.3 Å². The van der Waals surface area contributed by atoms with Crippen molar-refractivity contribution in [1.82, 2.24) is 10.2 Å². The molecule has 114 valence electrons. The normalized spacial score (nSPS) is 27.1. The molecule has 0 bridgehead atoms. The number of furan rings is 1. The van der Waals surface area contributed by atoms with Crippen LogP contribution in [0.15, 0.2) is 16.5 Å². The Morgan fingerprint density at radius 2 is 2.05 bits per heavy atom. The van der Waals surface area contributed by atoms with Gasteiger partial charge >= 0.3 is 0 Å². The van der Waals surface area contributed by atoms with E-state index in [0.717, 1.165) is 37.1 Å². The first-order valence-corrected chi connectivity index (χ1v) is 7.91. The molecule has 2 rings (SSSR count). The Balaban J connectivity index is 1.93. The van der Waals surface area contributed by atoms with E-state index >= 15 is 0 Å². The lowest BCUT2D eigenvalue weighted by Crippen LogP contribution is -2.44. The van der Waals surface area contributed by atoms with Crippen LogP contribution in [0.1, 0.15) is 44.1 Å². The van der Waals surface area contributed by atoms with E-state index in [0.29, 0.717) is 5.41 Å². The van der Waals surface area contributed by atoms with Gasteiger partial charge in [0.25, 0.3) is 0 Å². The van der Waals surface area contributed by atoms with E-state index in [1.807, 2.05) is 6.92 Å². The number of hydrogen-bond donors (Lipinski definition) is 1. The smallest absolute Gasteiger partial charge is 0.118 e. The van der Waals surface area contributed by atoms with Gasteiger partial charge in [0.05, 0.1) is 6.54 Å². The third-order valence-corrected chi connectivity index (χ3v) is 4.71. The molecule has 0 saturated heterocycles. The maximum absolute atomic E-state index is 5.70. The van der Waals surface area contributed by atoms with Crippen molar-refractivity contribution in [1.29, 1.82) is 0 Å². The van der Waals surface area contributed by atoms with Crippen molar-refractivity contribution in [3.05, 3.63) is 23.7 Å². The summed E-state index contributed by atoms with van der Waals surface area (Å²) in [4.78, 5) is 2.42. The predicted molar refractivity (Wildman–Crippen MR) is 83.8 cm³/mol. The van der Waals surface area contributed by atoms with Crippen LogP contribution in [0.3, 0.4) is 0 Å². The van der Waals surface area contributed by atoms with Crippen LogP contribution in [0.25, 0.3) is 0 Å². The summed E-state index contributed by atoms with van der Waals surface area (Å²) in [6.07, 6.45) is 5.43. The molecule has 0 spiro atoms. The van der Waals surface area contributed by atoms with E-state index in [2.05, 4.69) is 43.4 Å². The van der Waals surface area contributed by atoms with Crippen LogP contribution >= 0.6 is 0 Å². The van der Waals surface area contributed by atoms with E-state index < -0.39 is 0 Å². The zero-order chi connectivity index (χ0) is 14.6. The highest BCUT2D eigenvalue weighted by Crippen LogP contribution is 2.39. The second-order valence-electron chi connectivity index (χ2n) is 6.90. The summed E-state index contributed by atoms with van der Waals surface area (Å²) < 4.78 is 5.70. The van der Waals surface area contributed by atoms with Gasteiger partial charge in [-0.15, -0.1) is 0 Å². The highest BCUT2D eigenvalue weighted by Gasteiger charge is 2.34. The van der Waals surface area contributed by atoms with E-state index in [1.165, 1.54) is 25.7 Å². The Bertz CT molecular complexity index is 405. The molecular weight excluding hydrogens is 248 g/mol. The fourth-order valence-corrected chi connectivity index (χ4v) is 3.60. The van der Waals surface area contributed by atoms with Gasteiger partial charge in [-0.25, -0.2) is 0 Å². The molecule has 0 atom stereocenters. The summed E-state index contributed by atoms with van der Waals surface area (Å²) in [7, 11) is 4.29. The molecule has 0 aromatic carbocycles. The lowest BCUT2D eigenvalue weighted by atomic mass is 9.70. The molecule has 1 aliphatic rings. The molecule has 1 fully saturated rings. The minimum Gasteiger partial charge on any atom is -0.465 e. The van der Waals surface area contributed by atoms with E-state index in [-0.39, 0.29) is 0 Å². The Labute approximate surface area is 123 Å². The Morgan fingerprint density at radius 1 is 1.35 bits per heavy atom. The quantitative estimate of drug-likeness (QED) is 0.864. The second kappa shape index (κ2) is 6.77. The Hall–Kier alpha value is -0.800. The van der Waals surface area contributed by atoms with Crippen molar-refractivity contribution in [2.45, 2.75) is 46.1 Å². The monoisotopic (exact) mass is 278 g/mol. The molecule has 3 heteroatoms. The Morgan fingerprint density at radius 3 is 2.60 bits per heavy atom. The molecule has 1 heterocycles. The first-order chi connectivity index (χ1) is 9.53. The van der Waals surface area contributed by atoms with Crippen molar-refractivity contribution < 1.29 is 4.42 Å². The first kappa shape index (κ1) is 15.6. The molecule has 1 aromatic rings. The first-order valence-electron chi connectivity index (χ1n) is 7.91. The van der Waals surface area contributed by atoms with Gasteiger partial charge in [-0.1, -0.05) is 19.8 Å². The average Bonchev–Trinajstić information content (AvgIpc) is 2.79. The summed E-state index contributed by atoms with van der Waals surface area (Å²) in [5.74, 6) is 2.98. The predicted octanol–water partition coefficient (Wildman–Crippen LogP) is 3.44. The highest BCUT2D eigenvalue weighted by molar-refractivity contribution is 5.05. The molecular formula is C17H30N2O. The topological polar surface area (TPSA) is 28.4 Å². The molecule has 1 aliphatic carbocycles. The maximum atomic E-state index is 5.70. The molecule has 0 amide bonds. The van der Waals surface area contributed by atoms with Crippen LogP contribution in [0.5, 0.6) is 0 Å². The SMILES string of the molecule is CNCC1(CN(C)Cc2ccc(C)o2)CCC(C)CC1. The van der Waals surface area contributed by atoms with Gasteiger partial charge in [0, 0.05) is 13.1 Å². The van der Waals surface area contributed by atoms with Crippen LogP contribution in [-0.4, -0.2) is 32.1 Å². The zero-order valence-corrected chi connectivity index (χ0v) is 13.5. The third-order valence-electron chi connectivity index (χ3n) is 4.71. The molecule has 1 aromatic heterocycles. The lowest BCUT2D eigenvalue weighted by Gasteiger charge is -2.42. The van der Waals surface area contributed by atoms with Crippen LogP contribution < -0.4 is 5.32 Å². The number of rotatable bonds is 6. The number of nitrogens with zero attached hydrogens (tertiary/aromatic N) is 1. The summed E-state index contributed by atoms with van der Waals surface area (Å²) in [6, 6.07) is 4.15. The molecule has 0 radical (unpaired) electrons. The van der Waals surface area contributed by atoms with Crippen molar-refractivity contribution in [2.75, 3.05) is 27.2 Å². The van der Waals surface area contributed by atoms with Crippen LogP contribution in [0.4, 0.5) is 0 Å². The minimum atomic E-state index is 0.442. The number of nitrogens with one attached hydrogen (secondary N) is 1. The van der Waals surface area contributed by atoms with Crippen molar-refractivity contribution in [3.8, 4) is 0 Å². The van der Waals surface area contributed by atoms with Gasteiger partial charge in [-0.2, -0.15) is 0 Å². The molecule has 20 heavy (non-hydrogen) atoms. The van der Waals surface area contributed by atoms with Gasteiger partial charge in [0.15, 0.2) is 0 Å². The maximum Gasteiger partial charge on any atom is 0.118 e. The van der Waals surface area contributed by atoms with Gasteiger partial charge in [0.1, 0.15) is 11.5 Å². The summed E-state index contributed by atoms with van der Waals surface area (Å²) >= 11 is 0. The van der Waals surface area contributed by atoms with E-state index in [9.17, 15) is 0 Å². The fourth-order valence-electron chi connectivity index (χ4n) is 3.60. The van der Waals surface area contributed by atoms with Crippen molar-refractivity contribution in [2.24, 2.45) is 11.3 Å². The molecule has 0 unspecified atom stereocenters.